The summed E-state index contributed by atoms with van der Waals surface area (Å²) in [4.78, 5) is 19.2. The van der Waals surface area contributed by atoms with E-state index in [4.69, 9.17) is 0 Å². The Morgan fingerprint density at radius 2 is 2.05 bits per heavy atom. The first-order chi connectivity index (χ1) is 9.24. The molecular weight excluding hydrogens is 246 g/mol. The van der Waals surface area contributed by atoms with Crippen LogP contribution in [-0.2, 0) is 0 Å². The zero-order valence-corrected chi connectivity index (χ0v) is 10.7. The maximum absolute atomic E-state index is 10.8. The van der Waals surface area contributed by atoms with E-state index in [2.05, 4.69) is 20.1 Å². The Labute approximate surface area is 111 Å². The van der Waals surface area contributed by atoms with Crippen LogP contribution in [-0.4, -0.2) is 60.1 Å². The lowest BCUT2D eigenvalue weighted by Gasteiger charge is -2.43. The van der Waals surface area contributed by atoms with E-state index >= 15 is 0 Å². The van der Waals surface area contributed by atoms with Gasteiger partial charge in [-0.15, -0.1) is 0 Å². The topological polar surface area (TPSA) is 74.5 Å². The molecule has 1 N–H and O–H groups in total. The predicted molar refractivity (Wildman–Crippen MR) is 71.3 cm³/mol. The molecule has 0 spiro atoms. The highest BCUT2D eigenvalue weighted by Crippen LogP contribution is 2.20. The van der Waals surface area contributed by atoms with Gasteiger partial charge >= 0.3 is 0 Å². The minimum Gasteiger partial charge on any atom is -0.354 e. The number of anilines is 1. The van der Waals surface area contributed by atoms with E-state index in [1.807, 2.05) is 0 Å². The molecule has 102 valence electrons. The minimum absolute atomic E-state index is 0.107. The van der Waals surface area contributed by atoms with Crippen molar-refractivity contribution in [1.82, 2.24) is 15.2 Å². The zero-order chi connectivity index (χ0) is 13.2. The van der Waals surface area contributed by atoms with Gasteiger partial charge in [-0.25, -0.2) is 4.98 Å². The molecule has 2 aliphatic heterocycles. The van der Waals surface area contributed by atoms with Crippen molar-refractivity contribution in [1.29, 1.82) is 0 Å². The normalized spacial score (nSPS) is 21.2. The number of hydrogen-bond acceptors (Lipinski definition) is 6. The molecule has 2 fully saturated rings. The number of pyridine rings is 1. The number of rotatable bonds is 3. The van der Waals surface area contributed by atoms with Crippen LogP contribution in [0.2, 0.25) is 0 Å². The molecule has 19 heavy (non-hydrogen) atoms. The summed E-state index contributed by atoms with van der Waals surface area (Å²) in [5.41, 5.74) is 0.107. The number of hydrogen-bond donors (Lipinski definition) is 1. The van der Waals surface area contributed by atoms with Crippen LogP contribution in [0.1, 0.15) is 0 Å². The second-order valence-electron chi connectivity index (χ2n) is 4.96. The lowest BCUT2D eigenvalue weighted by Crippen LogP contribution is -2.61. The van der Waals surface area contributed by atoms with Crippen LogP contribution in [0, 0.1) is 10.1 Å². The standard InChI is InChI=1S/C12H17N5O2/c18-17(19)10-1-2-14-12(7-10)16-5-3-15(4-6-16)11-8-13-9-11/h1-2,7,11,13H,3-6,8-9H2. The van der Waals surface area contributed by atoms with Crippen molar-refractivity contribution in [3.05, 3.63) is 28.4 Å². The second kappa shape index (κ2) is 5.10. The van der Waals surface area contributed by atoms with Crippen molar-refractivity contribution in [2.45, 2.75) is 6.04 Å². The lowest BCUT2D eigenvalue weighted by molar-refractivity contribution is -0.384. The molecule has 3 heterocycles. The van der Waals surface area contributed by atoms with Crippen molar-refractivity contribution < 1.29 is 4.92 Å². The summed E-state index contributed by atoms with van der Waals surface area (Å²) in [7, 11) is 0. The number of piperazine rings is 1. The molecule has 1 aromatic heterocycles. The molecule has 0 atom stereocenters. The molecule has 2 aliphatic rings. The molecule has 0 bridgehead atoms. The summed E-state index contributed by atoms with van der Waals surface area (Å²) in [6.07, 6.45) is 1.51. The van der Waals surface area contributed by atoms with Gasteiger partial charge in [-0.05, 0) is 0 Å². The second-order valence-corrected chi connectivity index (χ2v) is 4.96. The van der Waals surface area contributed by atoms with E-state index < -0.39 is 0 Å². The molecule has 2 saturated heterocycles. The first-order valence-corrected chi connectivity index (χ1v) is 6.54. The van der Waals surface area contributed by atoms with E-state index in [0.717, 1.165) is 39.3 Å². The molecule has 1 aromatic rings. The van der Waals surface area contributed by atoms with Gasteiger partial charge in [0.25, 0.3) is 5.69 Å². The van der Waals surface area contributed by atoms with Crippen LogP contribution in [0.15, 0.2) is 18.3 Å². The summed E-state index contributed by atoms with van der Waals surface area (Å²) in [6, 6.07) is 3.65. The molecule has 0 amide bonds. The van der Waals surface area contributed by atoms with Gasteiger partial charge in [0.2, 0.25) is 0 Å². The molecule has 0 unspecified atom stereocenters. The van der Waals surface area contributed by atoms with E-state index in [9.17, 15) is 10.1 Å². The Balaban J connectivity index is 1.64. The van der Waals surface area contributed by atoms with Gasteiger partial charge in [0.05, 0.1) is 11.0 Å². The first kappa shape index (κ1) is 12.3. The van der Waals surface area contributed by atoms with Crippen molar-refractivity contribution in [3.63, 3.8) is 0 Å². The van der Waals surface area contributed by atoms with Gasteiger partial charge in [0.1, 0.15) is 5.82 Å². The third-order valence-corrected chi connectivity index (χ3v) is 3.85. The smallest absolute Gasteiger partial charge is 0.274 e. The van der Waals surface area contributed by atoms with Crippen molar-refractivity contribution >= 4 is 11.5 Å². The number of aromatic nitrogens is 1. The molecule has 0 aromatic carbocycles. The molecular formula is C12H17N5O2. The Morgan fingerprint density at radius 3 is 2.63 bits per heavy atom. The Kier molecular flexibility index (Phi) is 3.31. The first-order valence-electron chi connectivity index (χ1n) is 6.54. The van der Waals surface area contributed by atoms with Crippen LogP contribution in [0.3, 0.4) is 0 Å². The molecule has 7 nitrogen and oxygen atoms in total. The summed E-state index contributed by atoms with van der Waals surface area (Å²) in [5.74, 6) is 0.709. The maximum Gasteiger partial charge on any atom is 0.274 e. The summed E-state index contributed by atoms with van der Waals surface area (Å²) in [5, 5.41) is 14.0. The maximum atomic E-state index is 10.8. The van der Waals surface area contributed by atoms with Crippen LogP contribution in [0.5, 0.6) is 0 Å². The molecule has 3 rings (SSSR count). The monoisotopic (exact) mass is 263 g/mol. The van der Waals surface area contributed by atoms with E-state index in [0.29, 0.717) is 11.9 Å². The van der Waals surface area contributed by atoms with Crippen LogP contribution in [0.4, 0.5) is 11.5 Å². The van der Waals surface area contributed by atoms with Crippen molar-refractivity contribution in [2.75, 3.05) is 44.2 Å². The van der Waals surface area contributed by atoms with E-state index in [1.165, 1.54) is 12.3 Å². The van der Waals surface area contributed by atoms with Crippen LogP contribution < -0.4 is 10.2 Å². The fourth-order valence-corrected chi connectivity index (χ4v) is 2.54. The Morgan fingerprint density at radius 1 is 1.32 bits per heavy atom. The highest BCUT2D eigenvalue weighted by atomic mass is 16.6. The summed E-state index contributed by atoms with van der Waals surface area (Å²) in [6.45, 7) is 5.91. The van der Waals surface area contributed by atoms with Crippen LogP contribution in [0.25, 0.3) is 0 Å². The van der Waals surface area contributed by atoms with Gasteiger partial charge in [-0.2, -0.15) is 0 Å². The highest BCUT2D eigenvalue weighted by Gasteiger charge is 2.28. The highest BCUT2D eigenvalue weighted by molar-refractivity contribution is 5.47. The Bertz CT molecular complexity index is 469. The largest absolute Gasteiger partial charge is 0.354 e. The van der Waals surface area contributed by atoms with Crippen molar-refractivity contribution in [3.8, 4) is 0 Å². The van der Waals surface area contributed by atoms with Gasteiger partial charge in [-0.1, -0.05) is 0 Å². The SMILES string of the molecule is O=[N+]([O-])c1ccnc(N2CCN(C3CNC3)CC2)c1. The van der Waals surface area contributed by atoms with E-state index in [-0.39, 0.29) is 10.6 Å². The number of nitro groups is 1. The van der Waals surface area contributed by atoms with Gasteiger partial charge in [-0.3, -0.25) is 15.0 Å². The van der Waals surface area contributed by atoms with Crippen LogP contribution >= 0.6 is 0 Å². The zero-order valence-electron chi connectivity index (χ0n) is 10.7. The fourth-order valence-electron chi connectivity index (χ4n) is 2.54. The minimum atomic E-state index is -0.374. The van der Waals surface area contributed by atoms with Gasteiger partial charge in [0, 0.05) is 57.6 Å². The van der Waals surface area contributed by atoms with Crippen molar-refractivity contribution in [2.24, 2.45) is 0 Å². The summed E-state index contributed by atoms with van der Waals surface area (Å²) >= 11 is 0. The third-order valence-electron chi connectivity index (χ3n) is 3.85. The molecule has 0 radical (unpaired) electrons. The van der Waals surface area contributed by atoms with E-state index in [1.54, 1.807) is 6.07 Å². The molecule has 0 saturated carbocycles. The molecule has 0 aliphatic carbocycles. The number of nitrogens with one attached hydrogen (secondary N) is 1. The Hall–Kier alpha value is -1.73. The summed E-state index contributed by atoms with van der Waals surface area (Å²) < 4.78 is 0. The third kappa shape index (κ3) is 2.52. The lowest BCUT2D eigenvalue weighted by atomic mass is 10.1. The van der Waals surface area contributed by atoms with Gasteiger partial charge < -0.3 is 10.2 Å². The number of nitrogens with zero attached hydrogens (tertiary/aromatic N) is 4. The predicted octanol–water partition coefficient (Wildman–Crippen LogP) is 0.0836. The molecule has 7 heteroatoms. The fraction of sp³-hybridized carbons (Fsp3) is 0.583. The average molecular weight is 263 g/mol. The quantitative estimate of drug-likeness (QED) is 0.615. The average Bonchev–Trinajstić information content (AvgIpc) is 2.38. The van der Waals surface area contributed by atoms with Gasteiger partial charge in [0.15, 0.2) is 0 Å².